The number of carbonyl (C=O) groups excluding carboxylic acids is 1. The SMILES string of the molecule is COc1ccc2nc(C3CC3)cc(C(=O)NC3(C(=O)O)CC3)c2c1. The Hall–Kier alpha value is -2.63. The zero-order valence-electron chi connectivity index (χ0n) is 13.3. The van der Waals surface area contributed by atoms with E-state index in [0.717, 1.165) is 24.1 Å². The molecule has 0 atom stereocenters. The monoisotopic (exact) mass is 326 g/mol. The van der Waals surface area contributed by atoms with E-state index in [-0.39, 0.29) is 5.91 Å². The topological polar surface area (TPSA) is 88.5 Å². The first-order valence-corrected chi connectivity index (χ1v) is 8.07. The maximum Gasteiger partial charge on any atom is 0.329 e. The Kier molecular flexibility index (Phi) is 3.23. The van der Waals surface area contributed by atoms with Crippen LogP contribution in [-0.2, 0) is 4.79 Å². The zero-order chi connectivity index (χ0) is 16.9. The Morgan fingerprint density at radius 3 is 2.62 bits per heavy atom. The van der Waals surface area contributed by atoms with Crippen LogP contribution in [-0.4, -0.2) is 34.6 Å². The smallest absolute Gasteiger partial charge is 0.329 e. The van der Waals surface area contributed by atoms with Crippen LogP contribution in [0.2, 0.25) is 0 Å². The van der Waals surface area contributed by atoms with Crippen molar-refractivity contribution < 1.29 is 19.4 Å². The summed E-state index contributed by atoms with van der Waals surface area (Å²) >= 11 is 0. The number of pyridine rings is 1. The number of carboxylic acid groups (broad SMARTS) is 1. The van der Waals surface area contributed by atoms with Gasteiger partial charge in [-0.3, -0.25) is 9.78 Å². The van der Waals surface area contributed by atoms with Crippen LogP contribution in [0.1, 0.15) is 47.7 Å². The van der Waals surface area contributed by atoms with Crippen molar-refractivity contribution in [3.63, 3.8) is 0 Å². The van der Waals surface area contributed by atoms with E-state index in [4.69, 9.17) is 4.74 Å². The molecular weight excluding hydrogens is 308 g/mol. The van der Waals surface area contributed by atoms with E-state index in [0.29, 0.717) is 35.5 Å². The Labute approximate surface area is 138 Å². The predicted octanol–water partition coefficient (Wildman–Crippen LogP) is 2.47. The van der Waals surface area contributed by atoms with Gasteiger partial charge >= 0.3 is 5.97 Å². The van der Waals surface area contributed by atoms with Gasteiger partial charge in [-0.1, -0.05) is 0 Å². The van der Waals surface area contributed by atoms with Crippen LogP contribution in [0.5, 0.6) is 5.75 Å². The molecule has 124 valence electrons. The summed E-state index contributed by atoms with van der Waals surface area (Å²) in [7, 11) is 1.57. The van der Waals surface area contributed by atoms with Gasteiger partial charge in [0, 0.05) is 17.0 Å². The number of hydrogen-bond acceptors (Lipinski definition) is 4. The minimum Gasteiger partial charge on any atom is -0.497 e. The van der Waals surface area contributed by atoms with Crippen molar-refractivity contribution in [3.8, 4) is 5.75 Å². The first-order chi connectivity index (χ1) is 11.5. The summed E-state index contributed by atoms with van der Waals surface area (Å²) < 4.78 is 5.24. The van der Waals surface area contributed by atoms with E-state index >= 15 is 0 Å². The molecule has 1 heterocycles. The molecule has 4 rings (SSSR count). The van der Waals surface area contributed by atoms with Crippen molar-refractivity contribution in [3.05, 3.63) is 35.5 Å². The molecule has 24 heavy (non-hydrogen) atoms. The highest BCUT2D eigenvalue weighted by atomic mass is 16.5. The van der Waals surface area contributed by atoms with Crippen LogP contribution in [0.4, 0.5) is 0 Å². The predicted molar refractivity (Wildman–Crippen MR) is 87.3 cm³/mol. The first kappa shape index (κ1) is 14.9. The number of amides is 1. The average molecular weight is 326 g/mol. The number of nitrogens with one attached hydrogen (secondary N) is 1. The highest BCUT2D eigenvalue weighted by molar-refractivity contribution is 6.08. The summed E-state index contributed by atoms with van der Waals surface area (Å²) in [6.07, 6.45) is 3.09. The fraction of sp³-hybridized carbons (Fsp3) is 0.389. The summed E-state index contributed by atoms with van der Waals surface area (Å²) in [5.74, 6) is -0.305. The van der Waals surface area contributed by atoms with Crippen LogP contribution in [0.25, 0.3) is 10.9 Å². The van der Waals surface area contributed by atoms with Gasteiger partial charge in [-0.15, -0.1) is 0 Å². The number of ether oxygens (including phenoxy) is 1. The second-order valence-electron chi connectivity index (χ2n) is 6.59. The number of aliphatic carboxylic acids is 1. The Morgan fingerprint density at radius 2 is 2.04 bits per heavy atom. The molecule has 0 bridgehead atoms. The second-order valence-corrected chi connectivity index (χ2v) is 6.59. The quantitative estimate of drug-likeness (QED) is 0.881. The lowest BCUT2D eigenvalue weighted by Crippen LogP contribution is -2.43. The van der Waals surface area contributed by atoms with Crippen molar-refractivity contribution in [2.75, 3.05) is 7.11 Å². The Balaban J connectivity index is 1.79. The van der Waals surface area contributed by atoms with Crippen molar-refractivity contribution in [1.82, 2.24) is 10.3 Å². The van der Waals surface area contributed by atoms with Gasteiger partial charge < -0.3 is 15.2 Å². The minimum atomic E-state index is -1.11. The fourth-order valence-corrected chi connectivity index (χ4v) is 2.93. The van der Waals surface area contributed by atoms with E-state index in [2.05, 4.69) is 10.3 Å². The largest absolute Gasteiger partial charge is 0.497 e. The number of hydrogen-bond donors (Lipinski definition) is 2. The second kappa shape index (κ2) is 5.19. The number of methoxy groups -OCH3 is 1. The molecule has 0 saturated heterocycles. The molecule has 6 nitrogen and oxygen atoms in total. The van der Waals surface area contributed by atoms with Gasteiger partial charge in [-0.2, -0.15) is 0 Å². The maximum atomic E-state index is 12.8. The number of rotatable bonds is 5. The minimum absolute atomic E-state index is 0.363. The molecule has 0 unspecified atom stereocenters. The van der Waals surface area contributed by atoms with E-state index in [1.54, 1.807) is 19.2 Å². The van der Waals surface area contributed by atoms with Crippen LogP contribution in [0.15, 0.2) is 24.3 Å². The van der Waals surface area contributed by atoms with Gasteiger partial charge in [0.1, 0.15) is 11.3 Å². The van der Waals surface area contributed by atoms with Crippen molar-refractivity contribution in [2.45, 2.75) is 37.1 Å². The molecule has 0 radical (unpaired) electrons. The molecule has 1 aromatic heterocycles. The number of carboxylic acids is 1. The van der Waals surface area contributed by atoms with Crippen LogP contribution in [0.3, 0.4) is 0 Å². The Bertz CT molecular complexity index is 853. The third-order valence-electron chi connectivity index (χ3n) is 4.79. The highest BCUT2D eigenvalue weighted by Crippen LogP contribution is 2.41. The molecular formula is C18H18N2O4. The number of aromatic nitrogens is 1. The van der Waals surface area contributed by atoms with Gasteiger partial charge in [0.2, 0.25) is 0 Å². The summed E-state index contributed by atoms with van der Waals surface area (Å²) in [6.45, 7) is 0. The van der Waals surface area contributed by atoms with E-state index in [1.807, 2.05) is 12.1 Å². The average Bonchev–Trinajstić information content (AvgIpc) is 3.46. The summed E-state index contributed by atoms with van der Waals surface area (Å²) in [5, 5.41) is 12.7. The zero-order valence-corrected chi connectivity index (χ0v) is 13.3. The lowest BCUT2D eigenvalue weighted by molar-refractivity contribution is -0.140. The summed E-state index contributed by atoms with van der Waals surface area (Å²) in [6, 6.07) is 7.22. The number of benzene rings is 1. The van der Waals surface area contributed by atoms with Gasteiger partial charge in [-0.25, -0.2) is 4.79 Å². The molecule has 0 spiro atoms. The maximum absolute atomic E-state index is 12.8. The van der Waals surface area contributed by atoms with Crippen LogP contribution >= 0.6 is 0 Å². The number of nitrogens with zero attached hydrogens (tertiary/aromatic N) is 1. The molecule has 2 saturated carbocycles. The molecule has 2 fully saturated rings. The van der Waals surface area contributed by atoms with Gasteiger partial charge in [0.15, 0.2) is 0 Å². The molecule has 1 amide bonds. The van der Waals surface area contributed by atoms with E-state index < -0.39 is 11.5 Å². The molecule has 2 aliphatic rings. The van der Waals surface area contributed by atoms with Crippen LogP contribution in [0, 0.1) is 0 Å². The number of fused-ring (bicyclic) bond motifs is 1. The Morgan fingerprint density at radius 1 is 1.29 bits per heavy atom. The molecule has 0 aliphatic heterocycles. The fourth-order valence-electron chi connectivity index (χ4n) is 2.93. The molecule has 2 aromatic rings. The summed E-state index contributed by atoms with van der Waals surface area (Å²) in [5.41, 5.74) is 0.988. The first-order valence-electron chi connectivity index (χ1n) is 8.07. The van der Waals surface area contributed by atoms with Crippen molar-refractivity contribution in [1.29, 1.82) is 0 Å². The molecule has 1 aromatic carbocycles. The lowest BCUT2D eigenvalue weighted by Gasteiger charge is -2.15. The molecule has 6 heteroatoms. The van der Waals surface area contributed by atoms with Crippen molar-refractivity contribution in [2.24, 2.45) is 0 Å². The van der Waals surface area contributed by atoms with Gasteiger partial charge in [0.25, 0.3) is 5.91 Å². The number of carbonyl (C=O) groups is 2. The van der Waals surface area contributed by atoms with Crippen LogP contribution < -0.4 is 10.1 Å². The van der Waals surface area contributed by atoms with E-state index in [9.17, 15) is 14.7 Å². The third-order valence-corrected chi connectivity index (χ3v) is 4.79. The third kappa shape index (κ3) is 2.48. The van der Waals surface area contributed by atoms with Crippen molar-refractivity contribution >= 4 is 22.8 Å². The van der Waals surface area contributed by atoms with E-state index in [1.165, 1.54) is 0 Å². The van der Waals surface area contributed by atoms with Gasteiger partial charge in [0.05, 0.1) is 18.2 Å². The summed E-state index contributed by atoms with van der Waals surface area (Å²) in [4.78, 5) is 28.8. The highest BCUT2D eigenvalue weighted by Gasteiger charge is 2.51. The molecule has 2 N–H and O–H groups in total. The molecule has 2 aliphatic carbocycles. The normalized spacial score (nSPS) is 18.2. The van der Waals surface area contributed by atoms with Gasteiger partial charge in [-0.05, 0) is 49.9 Å². The lowest BCUT2D eigenvalue weighted by atomic mass is 10.0. The standard InChI is InChI=1S/C18H18N2O4/c1-24-11-4-5-14-12(8-11)13(9-15(19-14)10-2-3-10)16(21)20-18(6-7-18)17(22)23/h4-5,8-10H,2-3,6-7H2,1H3,(H,20,21)(H,22,23).